The van der Waals surface area contributed by atoms with Crippen LogP contribution < -0.4 is 4.74 Å². The fourth-order valence-corrected chi connectivity index (χ4v) is 1.73. The van der Waals surface area contributed by atoms with E-state index in [-0.39, 0.29) is 0 Å². The Bertz CT molecular complexity index is 526. The minimum absolute atomic E-state index is 0.520. The van der Waals surface area contributed by atoms with Gasteiger partial charge in [0.05, 0.1) is 11.6 Å². The van der Waals surface area contributed by atoms with Gasteiger partial charge in [-0.3, -0.25) is 0 Å². The third-order valence-corrected chi connectivity index (χ3v) is 3.02. The second-order valence-electron chi connectivity index (χ2n) is 3.55. The monoisotopic (exact) mass is 335 g/mol. The van der Waals surface area contributed by atoms with Crippen LogP contribution >= 0.6 is 22.6 Å². The fourth-order valence-electron chi connectivity index (χ4n) is 1.37. The number of nitriles is 1. The molecule has 2 rings (SSSR count). The molecule has 2 nitrogen and oxygen atoms in total. The first-order valence-electron chi connectivity index (χ1n) is 5.15. The topological polar surface area (TPSA) is 33.0 Å². The van der Waals surface area contributed by atoms with E-state index in [1.54, 1.807) is 12.1 Å². The molecule has 0 amide bonds. The zero-order valence-corrected chi connectivity index (χ0v) is 11.2. The lowest BCUT2D eigenvalue weighted by Gasteiger charge is -2.06. The Labute approximate surface area is 114 Å². The summed E-state index contributed by atoms with van der Waals surface area (Å²) in [6.07, 6.45) is 0. The summed E-state index contributed by atoms with van der Waals surface area (Å²) in [6, 6.07) is 17.4. The average Bonchev–Trinajstić information content (AvgIpc) is 2.39. The molecule has 0 fully saturated rings. The van der Waals surface area contributed by atoms with Crippen LogP contribution in [0, 0.1) is 14.9 Å². The molecule has 0 aliphatic carbocycles. The van der Waals surface area contributed by atoms with Gasteiger partial charge in [-0.05, 0) is 64.6 Å². The Morgan fingerprint density at radius 1 is 1.00 bits per heavy atom. The van der Waals surface area contributed by atoms with Gasteiger partial charge in [0.1, 0.15) is 12.4 Å². The van der Waals surface area contributed by atoms with Crippen LogP contribution in [0.25, 0.3) is 0 Å². The van der Waals surface area contributed by atoms with Crippen molar-refractivity contribution in [2.75, 3.05) is 0 Å². The molecule has 2 aromatic carbocycles. The number of hydrogen-bond acceptors (Lipinski definition) is 2. The average molecular weight is 335 g/mol. The molecular weight excluding hydrogens is 325 g/mol. The van der Waals surface area contributed by atoms with Crippen LogP contribution in [-0.2, 0) is 6.61 Å². The molecule has 17 heavy (non-hydrogen) atoms. The smallest absolute Gasteiger partial charge is 0.119 e. The molecule has 84 valence electrons. The molecule has 0 saturated carbocycles. The zero-order chi connectivity index (χ0) is 12.1. The largest absolute Gasteiger partial charge is 0.489 e. The number of ether oxygens (including phenoxy) is 1. The predicted molar refractivity (Wildman–Crippen MR) is 74.6 cm³/mol. The first-order valence-corrected chi connectivity index (χ1v) is 6.23. The first-order chi connectivity index (χ1) is 8.28. The highest BCUT2D eigenvalue weighted by molar-refractivity contribution is 14.1. The highest BCUT2D eigenvalue weighted by Crippen LogP contribution is 2.15. The van der Waals surface area contributed by atoms with E-state index in [4.69, 9.17) is 10.00 Å². The number of rotatable bonds is 3. The fraction of sp³-hybridized carbons (Fsp3) is 0.0714. The summed E-state index contributed by atoms with van der Waals surface area (Å²) in [6.45, 7) is 0.520. The summed E-state index contributed by atoms with van der Waals surface area (Å²) >= 11 is 2.26. The lowest BCUT2D eigenvalue weighted by molar-refractivity contribution is 0.306. The summed E-state index contributed by atoms with van der Waals surface area (Å²) in [5.74, 6) is 0.856. The second-order valence-corrected chi connectivity index (χ2v) is 4.80. The van der Waals surface area contributed by atoms with Gasteiger partial charge in [-0.15, -0.1) is 0 Å². The van der Waals surface area contributed by atoms with E-state index in [1.807, 2.05) is 36.4 Å². The molecule has 0 spiro atoms. The van der Waals surface area contributed by atoms with Crippen molar-refractivity contribution in [3.63, 3.8) is 0 Å². The van der Waals surface area contributed by atoms with Crippen LogP contribution in [-0.4, -0.2) is 0 Å². The first kappa shape index (κ1) is 11.9. The van der Waals surface area contributed by atoms with Crippen molar-refractivity contribution in [2.45, 2.75) is 6.61 Å². The zero-order valence-electron chi connectivity index (χ0n) is 9.06. The minimum Gasteiger partial charge on any atom is -0.489 e. The van der Waals surface area contributed by atoms with Crippen molar-refractivity contribution < 1.29 is 4.74 Å². The number of benzene rings is 2. The molecule has 0 heterocycles. The van der Waals surface area contributed by atoms with Gasteiger partial charge in [-0.2, -0.15) is 5.26 Å². The molecule has 2 aromatic rings. The van der Waals surface area contributed by atoms with E-state index in [2.05, 4.69) is 28.7 Å². The van der Waals surface area contributed by atoms with E-state index in [1.165, 1.54) is 3.57 Å². The van der Waals surface area contributed by atoms with Gasteiger partial charge >= 0.3 is 0 Å². The summed E-state index contributed by atoms with van der Waals surface area (Å²) in [5, 5.41) is 8.68. The van der Waals surface area contributed by atoms with Gasteiger partial charge in [0, 0.05) is 3.57 Å². The van der Waals surface area contributed by atoms with E-state index >= 15 is 0 Å². The van der Waals surface area contributed by atoms with Gasteiger partial charge in [-0.25, -0.2) is 0 Å². The molecule has 0 radical (unpaired) electrons. The lowest BCUT2D eigenvalue weighted by Crippen LogP contribution is -1.95. The van der Waals surface area contributed by atoms with Crippen LogP contribution in [0.15, 0.2) is 48.5 Å². The molecule has 0 aromatic heterocycles. The van der Waals surface area contributed by atoms with Crippen LogP contribution in [0.4, 0.5) is 0 Å². The maximum atomic E-state index is 8.68. The van der Waals surface area contributed by atoms with Gasteiger partial charge in [-0.1, -0.05) is 12.1 Å². The highest BCUT2D eigenvalue weighted by Gasteiger charge is 1.96. The Morgan fingerprint density at radius 2 is 1.65 bits per heavy atom. The Balaban J connectivity index is 1.98. The number of hydrogen-bond donors (Lipinski definition) is 0. The highest BCUT2D eigenvalue weighted by atomic mass is 127. The molecular formula is C14H10INO. The number of nitrogens with zero attached hydrogens (tertiary/aromatic N) is 1. The van der Waals surface area contributed by atoms with Crippen molar-refractivity contribution in [1.82, 2.24) is 0 Å². The molecule has 0 aliphatic heterocycles. The van der Waals surface area contributed by atoms with Gasteiger partial charge < -0.3 is 4.74 Å². The third-order valence-electron chi connectivity index (χ3n) is 2.30. The van der Waals surface area contributed by atoms with Crippen LogP contribution in [0.2, 0.25) is 0 Å². The summed E-state index contributed by atoms with van der Waals surface area (Å²) in [4.78, 5) is 0. The number of halogens is 1. The third kappa shape index (κ3) is 3.46. The predicted octanol–water partition coefficient (Wildman–Crippen LogP) is 3.74. The molecule has 0 N–H and O–H groups in total. The standard InChI is InChI=1S/C14H10INO/c15-13-5-7-14(8-6-13)17-10-12-3-1-11(9-16)2-4-12/h1-8H,10H2. The molecule has 3 heteroatoms. The van der Waals surface area contributed by atoms with E-state index in [0.717, 1.165) is 11.3 Å². The summed E-state index contributed by atoms with van der Waals surface area (Å²) < 4.78 is 6.82. The van der Waals surface area contributed by atoms with Crippen molar-refractivity contribution in [2.24, 2.45) is 0 Å². The van der Waals surface area contributed by atoms with Crippen LogP contribution in [0.1, 0.15) is 11.1 Å². The minimum atomic E-state index is 0.520. The maximum absolute atomic E-state index is 8.68. The SMILES string of the molecule is N#Cc1ccc(COc2ccc(I)cc2)cc1. The quantitative estimate of drug-likeness (QED) is 0.801. The van der Waals surface area contributed by atoms with Crippen LogP contribution in [0.5, 0.6) is 5.75 Å². The van der Waals surface area contributed by atoms with Crippen molar-refractivity contribution in [3.8, 4) is 11.8 Å². The summed E-state index contributed by atoms with van der Waals surface area (Å²) in [5.41, 5.74) is 1.73. The second kappa shape index (κ2) is 5.69. The molecule has 0 unspecified atom stereocenters. The Kier molecular flexibility index (Phi) is 3.99. The van der Waals surface area contributed by atoms with Gasteiger partial charge in [0.15, 0.2) is 0 Å². The van der Waals surface area contributed by atoms with Gasteiger partial charge in [0.2, 0.25) is 0 Å². The van der Waals surface area contributed by atoms with E-state index in [9.17, 15) is 0 Å². The lowest BCUT2D eigenvalue weighted by atomic mass is 10.2. The molecule has 0 aliphatic rings. The normalized spacial score (nSPS) is 9.65. The molecule has 0 atom stereocenters. The van der Waals surface area contributed by atoms with Crippen molar-refractivity contribution in [3.05, 3.63) is 63.2 Å². The maximum Gasteiger partial charge on any atom is 0.119 e. The van der Waals surface area contributed by atoms with Gasteiger partial charge in [0.25, 0.3) is 0 Å². The van der Waals surface area contributed by atoms with E-state index < -0.39 is 0 Å². The van der Waals surface area contributed by atoms with Crippen LogP contribution in [0.3, 0.4) is 0 Å². The molecule has 0 bridgehead atoms. The van der Waals surface area contributed by atoms with E-state index in [0.29, 0.717) is 12.2 Å². The Hall–Kier alpha value is -1.54. The molecule has 0 saturated heterocycles. The summed E-state index contributed by atoms with van der Waals surface area (Å²) in [7, 11) is 0. The van der Waals surface area contributed by atoms with Crippen molar-refractivity contribution >= 4 is 22.6 Å². The van der Waals surface area contributed by atoms with Crippen molar-refractivity contribution in [1.29, 1.82) is 5.26 Å². The Morgan fingerprint density at radius 3 is 2.24 bits per heavy atom.